The van der Waals surface area contributed by atoms with Gasteiger partial charge in [0.05, 0.1) is 7.11 Å². The number of carbonyl (C=O) groups is 1. The molecule has 0 aliphatic carbocycles. The molecule has 1 unspecified atom stereocenters. The smallest absolute Gasteiger partial charge is 0.270 e. The topological polar surface area (TPSA) is 54.5 Å². The molecule has 0 radical (unpaired) electrons. The van der Waals surface area contributed by atoms with Crippen molar-refractivity contribution in [1.29, 1.82) is 0 Å². The Balaban J connectivity index is 1.49. The number of fused-ring (bicyclic) bond motifs is 1. The van der Waals surface area contributed by atoms with Crippen molar-refractivity contribution in [2.75, 3.05) is 12.0 Å². The number of nitrogens with one attached hydrogen (secondary N) is 1. The van der Waals surface area contributed by atoms with Gasteiger partial charge in [-0.2, -0.15) is 0 Å². The summed E-state index contributed by atoms with van der Waals surface area (Å²) >= 11 is 0. The zero-order chi connectivity index (χ0) is 19.5. The summed E-state index contributed by atoms with van der Waals surface area (Å²) in [6, 6.07) is 20.2. The molecule has 0 saturated carbocycles. The van der Waals surface area contributed by atoms with Crippen LogP contribution in [0.4, 0.5) is 11.4 Å². The van der Waals surface area contributed by atoms with Crippen molar-refractivity contribution in [3.63, 3.8) is 0 Å². The van der Waals surface area contributed by atoms with Gasteiger partial charge in [-0.05, 0) is 54.8 Å². The third-order valence-corrected chi connectivity index (χ3v) is 5.07. The van der Waals surface area contributed by atoms with Crippen LogP contribution < -0.4 is 15.0 Å². The van der Waals surface area contributed by atoms with Crippen LogP contribution in [0.3, 0.4) is 0 Å². The molecule has 0 saturated heterocycles. The normalized spacial score (nSPS) is 15.2. The van der Waals surface area contributed by atoms with E-state index in [0.717, 1.165) is 23.4 Å². The van der Waals surface area contributed by atoms with E-state index in [1.165, 1.54) is 11.3 Å². The molecule has 5 nitrogen and oxygen atoms in total. The van der Waals surface area contributed by atoms with Crippen molar-refractivity contribution in [1.82, 2.24) is 10.3 Å². The highest BCUT2D eigenvalue weighted by Crippen LogP contribution is 2.37. The predicted molar refractivity (Wildman–Crippen MR) is 110 cm³/mol. The van der Waals surface area contributed by atoms with E-state index in [9.17, 15) is 4.79 Å². The molecule has 1 amide bonds. The number of hydrogen-bond acceptors (Lipinski definition) is 4. The van der Waals surface area contributed by atoms with Crippen LogP contribution in [0.1, 0.15) is 28.5 Å². The number of methoxy groups -OCH3 is 1. The lowest BCUT2D eigenvalue weighted by Gasteiger charge is -2.25. The van der Waals surface area contributed by atoms with Crippen molar-refractivity contribution in [3.05, 3.63) is 83.7 Å². The number of para-hydroxylation sites is 1. The first-order chi connectivity index (χ1) is 13.7. The van der Waals surface area contributed by atoms with E-state index in [1.54, 1.807) is 13.3 Å². The van der Waals surface area contributed by atoms with Gasteiger partial charge in [0, 0.05) is 30.2 Å². The molecule has 5 heteroatoms. The molecule has 1 aromatic heterocycles. The lowest BCUT2D eigenvalue weighted by molar-refractivity contribution is 0.0946. The molecule has 3 aromatic rings. The highest BCUT2D eigenvalue weighted by molar-refractivity contribution is 5.93. The number of anilines is 2. The van der Waals surface area contributed by atoms with E-state index >= 15 is 0 Å². The quantitative estimate of drug-likeness (QED) is 0.731. The van der Waals surface area contributed by atoms with Crippen molar-refractivity contribution < 1.29 is 9.53 Å². The van der Waals surface area contributed by atoms with E-state index < -0.39 is 0 Å². The van der Waals surface area contributed by atoms with Crippen molar-refractivity contribution in [3.8, 4) is 5.75 Å². The minimum atomic E-state index is -0.183. The fourth-order valence-corrected chi connectivity index (χ4v) is 3.67. The molecule has 2 heterocycles. The second-order valence-corrected chi connectivity index (χ2v) is 6.98. The first-order valence-electron chi connectivity index (χ1n) is 9.40. The van der Waals surface area contributed by atoms with Crippen LogP contribution in [0.25, 0.3) is 0 Å². The van der Waals surface area contributed by atoms with Gasteiger partial charge in [0.25, 0.3) is 5.91 Å². The number of rotatable bonds is 5. The van der Waals surface area contributed by atoms with E-state index in [4.69, 9.17) is 4.74 Å². The number of pyridine rings is 1. The van der Waals surface area contributed by atoms with E-state index in [1.807, 2.05) is 42.5 Å². The van der Waals surface area contributed by atoms with Gasteiger partial charge in [-0.15, -0.1) is 0 Å². The first kappa shape index (κ1) is 18.0. The number of amides is 1. The summed E-state index contributed by atoms with van der Waals surface area (Å²) in [6.07, 6.45) is 2.70. The van der Waals surface area contributed by atoms with Crippen LogP contribution in [0.2, 0.25) is 0 Å². The highest BCUT2D eigenvalue weighted by Gasteiger charge is 2.27. The SMILES string of the molecule is COc1ccc(CNC(=O)c2cc(N3c4ccccc4CC3C)ccn2)cc1. The Kier molecular flexibility index (Phi) is 4.98. The molecular formula is C23H23N3O2. The summed E-state index contributed by atoms with van der Waals surface area (Å²) in [7, 11) is 1.63. The molecule has 1 N–H and O–H groups in total. The van der Waals surface area contributed by atoms with E-state index in [2.05, 4.69) is 40.3 Å². The third-order valence-electron chi connectivity index (χ3n) is 5.07. The molecular weight excluding hydrogens is 350 g/mol. The lowest BCUT2D eigenvalue weighted by Crippen LogP contribution is -2.26. The van der Waals surface area contributed by atoms with Gasteiger partial charge in [-0.3, -0.25) is 9.78 Å². The van der Waals surface area contributed by atoms with Gasteiger partial charge >= 0.3 is 0 Å². The third kappa shape index (κ3) is 3.56. The molecule has 142 valence electrons. The van der Waals surface area contributed by atoms with Crippen LogP contribution >= 0.6 is 0 Å². The average Bonchev–Trinajstić information content (AvgIpc) is 3.08. The monoisotopic (exact) mass is 373 g/mol. The number of nitrogens with zero attached hydrogens (tertiary/aromatic N) is 2. The number of hydrogen-bond donors (Lipinski definition) is 1. The van der Waals surface area contributed by atoms with Crippen molar-refractivity contribution >= 4 is 17.3 Å². The van der Waals surface area contributed by atoms with Crippen LogP contribution in [-0.4, -0.2) is 24.0 Å². The summed E-state index contributed by atoms with van der Waals surface area (Å²) in [5, 5.41) is 2.94. The summed E-state index contributed by atoms with van der Waals surface area (Å²) in [5.74, 6) is 0.613. The number of ether oxygens (including phenoxy) is 1. The molecule has 2 aromatic carbocycles. The molecule has 4 rings (SSSR count). The van der Waals surface area contributed by atoms with Gasteiger partial charge in [-0.25, -0.2) is 0 Å². The Morgan fingerprint density at radius 3 is 2.75 bits per heavy atom. The van der Waals surface area contributed by atoms with Crippen LogP contribution in [0, 0.1) is 0 Å². The van der Waals surface area contributed by atoms with Gasteiger partial charge in [-0.1, -0.05) is 30.3 Å². The summed E-state index contributed by atoms with van der Waals surface area (Å²) < 4.78 is 5.16. The Morgan fingerprint density at radius 1 is 1.18 bits per heavy atom. The number of aromatic nitrogens is 1. The number of benzene rings is 2. The van der Waals surface area contributed by atoms with E-state index in [-0.39, 0.29) is 5.91 Å². The Labute approximate surface area is 165 Å². The zero-order valence-electron chi connectivity index (χ0n) is 16.1. The lowest BCUT2D eigenvalue weighted by atomic mass is 10.1. The Bertz CT molecular complexity index is 985. The number of carbonyl (C=O) groups excluding carboxylic acids is 1. The van der Waals surface area contributed by atoms with Crippen LogP contribution in [0.5, 0.6) is 5.75 Å². The van der Waals surface area contributed by atoms with Crippen LogP contribution in [0.15, 0.2) is 66.9 Å². The Hall–Kier alpha value is -3.34. The van der Waals surface area contributed by atoms with Gasteiger partial charge in [0.2, 0.25) is 0 Å². The minimum Gasteiger partial charge on any atom is -0.497 e. The standard InChI is InChI=1S/C23H23N3O2/c1-16-13-18-5-3-4-6-22(18)26(16)19-11-12-24-21(14-19)23(27)25-15-17-7-9-20(28-2)10-8-17/h3-12,14,16H,13,15H2,1-2H3,(H,25,27). The second kappa shape index (κ2) is 7.72. The highest BCUT2D eigenvalue weighted by atomic mass is 16.5. The minimum absolute atomic E-state index is 0.183. The maximum Gasteiger partial charge on any atom is 0.270 e. The fraction of sp³-hybridized carbons (Fsp3) is 0.217. The van der Waals surface area contributed by atoms with Gasteiger partial charge in [0.15, 0.2) is 0 Å². The van der Waals surface area contributed by atoms with E-state index in [0.29, 0.717) is 18.3 Å². The summed E-state index contributed by atoms with van der Waals surface area (Å²) in [5.41, 5.74) is 4.94. The average molecular weight is 373 g/mol. The maximum atomic E-state index is 12.6. The maximum absolute atomic E-state index is 12.6. The predicted octanol–water partition coefficient (Wildman–Crippen LogP) is 4.10. The van der Waals surface area contributed by atoms with Crippen molar-refractivity contribution in [2.24, 2.45) is 0 Å². The Morgan fingerprint density at radius 2 is 1.96 bits per heavy atom. The second-order valence-electron chi connectivity index (χ2n) is 6.98. The van der Waals surface area contributed by atoms with Crippen molar-refractivity contribution in [2.45, 2.75) is 25.9 Å². The largest absolute Gasteiger partial charge is 0.497 e. The van der Waals surface area contributed by atoms with Gasteiger partial charge < -0.3 is 15.0 Å². The molecule has 1 atom stereocenters. The molecule has 0 bridgehead atoms. The molecule has 28 heavy (non-hydrogen) atoms. The molecule has 0 spiro atoms. The summed E-state index contributed by atoms with van der Waals surface area (Å²) in [6.45, 7) is 2.64. The van der Waals surface area contributed by atoms with Crippen LogP contribution in [-0.2, 0) is 13.0 Å². The fourth-order valence-electron chi connectivity index (χ4n) is 3.67. The first-order valence-corrected chi connectivity index (χ1v) is 9.40. The zero-order valence-corrected chi connectivity index (χ0v) is 16.1. The molecule has 1 aliphatic rings. The molecule has 0 fully saturated rings. The molecule has 1 aliphatic heterocycles. The van der Waals surface area contributed by atoms with Gasteiger partial charge in [0.1, 0.15) is 11.4 Å². The summed E-state index contributed by atoms with van der Waals surface area (Å²) in [4.78, 5) is 19.2.